The van der Waals surface area contributed by atoms with E-state index in [1.165, 1.54) is 11.1 Å². The van der Waals surface area contributed by atoms with Gasteiger partial charge in [0.2, 0.25) is 0 Å². The number of likely N-dealkylation sites (N-methyl/N-ethyl adjacent to an activating group) is 1. The summed E-state index contributed by atoms with van der Waals surface area (Å²) >= 11 is 0. The highest BCUT2D eigenvalue weighted by atomic mass is 14.8. The molecule has 1 radical (unpaired) electrons. The van der Waals surface area contributed by atoms with Gasteiger partial charge in [-0.05, 0) is 11.6 Å². The third kappa shape index (κ3) is 1.62. The van der Waals surface area contributed by atoms with Crippen molar-refractivity contribution >= 4 is 0 Å². The molecule has 0 atom stereocenters. The molecular formula is C13H12N. The lowest BCUT2D eigenvalue weighted by atomic mass is 10.0. The van der Waals surface area contributed by atoms with E-state index in [0.29, 0.717) is 0 Å². The fraction of sp³-hybridized carbons (Fsp3) is 0.0769. The molecule has 0 saturated heterocycles. The molecule has 0 heterocycles. The van der Waals surface area contributed by atoms with Crippen LogP contribution in [-0.2, 0) is 0 Å². The van der Waals surface area contributed by atoms with Crippen LogP contribution in [0.15, 0.2) is 71.5 Å². The second kappa shape index (κ2) is 3.97. The van der Waals surface area contributed by atoms with Crippen LogP contribution in [0.1, 0.15) is 0 Å². The van der Waals surface area contributed by atoms with Crippen molar-refractivity contribution in [2.45, 2.75) is 0 Å². The van der Waals surface area contributed by atoms with Gasteiger partial charge in [-0.3, -0.25) is 5.32 Å². The Hall–Kier alpha value is -1.76. The number of fused-ring (bicyclic) bond motifs is 1. The highest BCUT2D eigenvalue weighted by Crippen LogP contribution is 2.23. The van der Waals surface area contributed by atoms with Crippen molar-refractivity contribution in [1.29, 1.82) is 0 Å². The topological polar surface area (TPSA) is 14.1 Å². The number of hydrogen-bond donors (Lipinski definition) is 0. The van der Waals surface area contributed by atoms with Crippen molar-refractivity contribution < 1.29 is 0 Å². The van der Waals surface area contributed by atoms with E-state index in [4.69, 9.17) is 0 Å². The second-order valence-electron chi connectivity index (χ2n) is 3.11. The Morgan fingerprint density at radius 2 is 1.64 bits per heavy atom. The maximum atomic E-state index is 4.27. The molecule has 0 N–H and O–H groups in total. The number of hydrogen-bond acceptors (Lipinski definition) is 0. The Balaban J connectivity index is 2.50. The van der Waals surface area contributed by atoms with Gasteiger partial charge in [-0.1, -0.05) is 48.6 Å². The van der Waals surface area contributed by atoms with Crippen molar-refractivity contribution in [1.82, 2.24) is 5.32 Å². The van der Waals surface area contributed by atoms with Crippen LogP contribution in [-0.4, -0.2) is 7.05 Å². The summed E-state index contributed by atoms with van der Waals surface area (Å²) in [7, 11) is 1.82. The van der Waals surface area contributed by atoms with E-state index in [-0.39, 0.29) is 0 Å². The minimum atomic E-state index is 1.03. The summed E-state index contributed by atoms with van der Waals surface area (Å²) in [6, 6.07) is 0. The Labute approximate surface area is 84.5 Å². The van der Waals surface area contributed by atoms with Gasteiger partial charge in [0.05, 0.1) is 5.70 Å². The molecule has 0 aromatic rings. The minimum absolute atomic E-state index is 1.03. The summed E-state index contributed by atoms with van der Waals surface area (Å²) in [6.07, 6.45) is 18.5. The molecule has 0 unspecified atom stereocenters. The summed E-state index contributed by atoms with van der Waals surface area (Å²) in [5.74, 6) is 0. The molecule has 1 nitrogen and oxygen atoms in total. The first kappa shape index (κ1) is 8.82. The van der Waals surface area contributed by atoms with Crippen LogP contribution >= 0.6 is 0 Å². The largest absolute Gasteiger partial charge is 0.288 e. The van der Waals surface area contributed by atoms with E-state index in [2.05, 4.69) is 23.5 Å². The van der Waals surface area contributed by atoms with Crippen LogP contribution in [0.3, 0.4) is 0 Å². The van der Waals surface area contributed by atoms with Crippen molar-refractivity contribution in [2.24, 2.45) is 0 Å². The molecule has 0 spiro atoms. The molecule has 14 heavy (non-hydrogen) atoms. The van der Waals surface area contributed by atoms with E-state index in [9.17, 15) is 0 Å². The fourth-order valence-corrected chi connectivity index (χ4v) is 1.53. The standard InChI is InChI=1S/C13H12N/c1-14-13-10-6-5-8-11-7-3-2-4-9-12(11)13/h2-10H,1H3. The zero-order chi connectivity index (χ0) is 9.80. The van der Waals surface area contributed by atoms with E-state index in [1.54, 1.807) is 0 Å². The highest BCUT2D eigenvalue weighted by Gasteiger charge is 2.09. The van der Waals surface area contributed by atoms with Crippen molar-refractivity contribution in [3.8, 4) is 0 Å². The molecule has 2 aliphatic rings. The van der Waals surface area contributed by atoms with Gasteiger partial charge in [-0.2, -0.15) is 0 Å². The van der Waals surface area contributed by atoms with Gasteiger partial charge >= 0.3 is 0 Å². The fourth-order valence-electron chi connectivity index (χ4n) is 1.53. The molecule has 0 aliphatic heterocycles. The van der Waals surface area contributed by atoms with E-state index in [1.807, 2.05) is 43.5 Å². The highest BCUT2D eigenvalue weighted by molar-refractivity contribution is 5.57. The zero-order valence-electron chi connectivity index (χ0n) is 8.14. The Morgan fingerprint density at radius 1 is 0.857 bits per heavy atom. The lowest BCUT2D eigenvalue weighted by molar-refractivity contribution is 0.988. The summed E-state index contributed by atoms with van der Waals surface area (Å²) in [6.45, 7) is 0. The molecule has 0 amide bonds. The molecule has 0 aromatic heterocycles. The maximum Gasteiger partial charge on any atom is 0.0649 e. The zero-order valence-corrected chi connectivity index (χ0v) is 8.14. The molecule has 0 fully saturated rings. The number of allylic oxidation sites excluding steroid dienone is 10. The van der Waals surface area contributed by atoms with Gasteiger partial charge in [0.25, 0.3) is 0 Å². The first-order valence-electron chi connectivity index (χ1n) is 4.66. The molecule has 0 bridgehead atoms. The summed E-state index contributed by atoms with van der Waals surface area (Å²) < 4.78 is 0. The molecule has 1 heteroatoms. The van der Waals surface area contributed by atoms with Gasteiger partial charge in [0.1, 0.15) is 0 Å². The first-order valence-corrected chi connectivity index (χ1v) is 4.66. The molecule has 0 aromatic carbocycles. The summed E-state index contributed by atoms with van der Waals surface area (Å²) in [5, 5.41) is 4.27. The summed E-state index contributed by atoms with van der Waals surface area (Å²) in [4.78, 5) is 0. The van der Waals surface area contributed by atoms with Gasteiger partial charge in [0.15, 0.2) is 0 Å². The average Bonchev–Trinajstić information content (AvgIpc) is 2.51. The van der Waals surface area contributed by atoms with Gasteiger partial charge < -0.3 is 0 Å². The van der Waals surface area contributed by atoms with E-state index < -0.39 is 0 Å². The lowest BCUT2D eigenvalue weighted by Crippen LogP contribution is -2.01. The Kier molecular flexibility index (Phi) is 2.50. The monoisotopic (exact) mass is 182 g/mol. The Morgan fingerprint density at radius 3 is 2.50 bits per heavy atom. The average molecular weight is 182 g/mol. The third-order valence-corrected chi connectivity index (χ3v) is 2.23. The van der Waals surface area contributed by atoms with Crippen molar-refractivity contribution in [3.63, 3.8) is 0 Å². The number of rotatable bonds is 1. The van der Waals surface area contributed by atoms with Crippen LogP contribution in [0.25, 0.3) is 0 Å². The quantitative estimate of drug-likeness (QED) is 0.592. The second-order valence-corrected chi connectivity index (χ2v) is 3.11. The van der Waals surface area contributed by atoms with Crippen LogP contribution in [0, 0.1) is 0 Å². The van der Waals surface area contributed by atoms with E-state index >= 15 is 0 Å². The lowest BCUT2D eigenvalue weighted by Gasteiger charge is -2.08. The van der Waals surface area contributed by atoms with Gasteiger partial charge in [-0.15, -0.1) is 0 Å². The molecule has 0 saturated carbocycles. The third-order valence-electron chi connectivity index (χ3n) is 2.23. The van der Waals surface area contributed by atoms with Crippen molar-refractivity contribution in [2.75, 3.05) is 7.05 Å². The van der Waals surface area contributed by atoms with Crippen LogP contribution in [0.5, 0.6) is 0 Å². The Bertz CT molecular complexity index is 401. The molecule has 2 aliphatic carbocycles. The van der Waals surface area contributed by atoms with Crippen molar-refractivity contribution in [3.05, 3.63) is 71.5 Å². The van der Waals surface area contributed by atoms with Gasteiger partial charge in [0, 0.05) is 12.6 Å². The smallest absolute Gasteiger partial charge is 0.0649 e. The molecular weight excluding hydrogens is 170 g/mol. The predicted octanol–water partition coefficient (Wildman–Crippen LogP) is 2.65. The van der Waals surface area contributed by atoms with Crippen LogP contribution in [0.4, 0.5) is 0 Å². The normalized spacial score (nSPS) is 18.8. The summed E-state index contributed by atoms with van der Waals surface area (Å²) in [5.41, 5.74) is 3.42. The first-order chi connectivity index (χ1) is 6.92. The van der Waals surface area contributed by atoms with E-state index in [0.717, 1.165) is 5.70 Å². The molecule has 2 rings (SSSR count). The van der Waals surface area contributed by atoms with Crippen LogP contribution in [0.2, 0.25) is 0 Å². The molecule has 69 valence electrons. The minimum Gasteiger partial charge on any atom is -0.288 e. The predicted molar refractivity (Wildman–Crippen MR) is 59.7 cm³/mol. The maximum absolute atomic E-state index is 4.27. The SMILES string of the molecule is C[N]C1=CC=CC=C2C=CC=CC=C21. The van der Waals surface area contributed by atoms with Crippen LogP contribution < -0.4 is 5.32 Å². The number of nitrogens with zero attached hydrogens (tertiary/aromatic N) is 1. The van der Waals surface area contributed by atoms with Gasteiger partial charge in [-0.25, -0.2) is 0 Å².